The molecule has 0 unspecified atom stereocenters. The maximum atomic E-state index is 13.6. The molecular formula is C14H17FN4O2. The Morgan fingerprint density at radius 1 is 1.24 bits per heavy atom. The van der Waals surface area contributed by atoms with Crippen LogP contribution >= 0.6 is 0 Å². The van der Waals surface area contributed by atoms with Crippen LogP contribution in [0.1, 0.15) is 11.4 Å². The largest absolute Gasteiger partial charge is 0.479 e. The van der Waals surface area contributed by atoms with Crippen molar-refractivity contribution in [1.82, 2.24) is 9.97 Å². The maximum absolute atomic E-state index is 13.6. The minimum atomic E-state index is -0.290. The fraction of sp³-hybridized carbons (Fsp3) is 0.286. The molecule has 2 aromatic rings. The van der Waals surface area contributed by atoms with Gasteiger partial charge in [-0.25, -0.2) is 9.37 Å². The SMILES string of the molecule is COCc1nc(NCc2ccccc2F)c(N)c(OC)n1. The van der Waals surface area contributed by atoms with Crippen LogP contribution in [0.5, 0.6) is 5.88 Å². The van der Waals surface area contributed by atoms with Crippen LogP contribution in [0.4, 0.5) is 15.9 Å². The minimum absolute atomic E-state index is 0.227. The Morgan fingerprint density at radius 3 is 2.67 bits per heavy atom. The van der Waals surface area contributed by atoms with Crippen LogP contribution in [-0.2, 0) is 17.9 Å². The summed E-state index contributed by atoms with van der Waals surface area (Å²) in [6, 6.07) is 6.49. The van der Waals surface area contributed by atoms with Crippen molar-refractivity contribution in [3.05, 3.63) is 41.5 Å². The molecule has 0 bridgehead atoms. The molecule has 6 nitrogen and oxygen atoms in total. The summed E-state index contributed by atoms with van der Waals surface area (Å²) in [4.78, 5) is 8.36. The van der Waals surface area contributed by atoms with Crippen molar-refractivity contribution in [1.29, 1.82) is 0 Å². The van der Waals surface area contributed by atoms with E-state index in [1.54, 1.807) is 25.3 Å². The average Bonchev–Trinajstić information content (AvgIpc) is 2.49. The van der Waals surface area contributed by atoms with Crippen molar-refractivity contribution < 1.29 is 13.9 Å². The summed E-state index contributed by atoms with van der Waals surface area (Å²) in [7, 11) is 3.01. The van der Waals surface area contributed by atoms with Crippen molar-refractivity contribution in [2.45, 2.75) is 13.2 Å². The van der Waals surface area contributed by atoms with Crippen molar-refractivity contribution in [2.24, 2.45) is 0 Å². The summed E-state index contributed by atoms with van der Waals surface area (Å²) >= 11 is 0. The van der Waals surface area contributed by atoms with Gasteiger partial charge in [-0.15, -0.1) is 0 Å². The zero-order valence-electron chi connectivity index (χ0n) is 11.9. The molecule has 0 saturated carbocycles. The molecule has 112 valence electrons. The van der Waals surface area contributed by atoms with E-state index in [2.05, 4.69) is 15.3 Å². The lowest BCUT2D eigenvalue weighted by Crippen LogP contribution is -2.11. The predicted octanol–water partition coefficient (Wildman–Crippen LogP) is 1.96. The van der Waals surface area contributed by atoms with Gasteiger partial charge >= 0.3 is 0 Å². The first kappa shape index (κ1) is 15.0. The zero-order valence-corrected chi connectivity index (χ0v) is 11.9. The number of halogens is 1. The van der Waals surface area contributed by atoms with Gasteiger partial charge in [-0.05, 0) is 6.07 Å². The standard InChI is InChI=1S/C14H17FN4O2/c1-20-8-11-18-13(12(16)14(19-11)21-2)17-7-9-5-3-4-6-10(9)15/h3-6H,7-8,16H2,1-2H3,(H,17,18,19). The first-order valence-corrected chi connectivity index (χ1v) is 6.32. The van der Waals surface area contributed by atoms with Gasteiger partial charge in [0.25, 0.3) is 0 Å². The second-order valence-corrected chi connectivity index (χ2v) is 4.29. The van der Waals surface area contributed by atoms with Gasteiger partial charge in [0.15, 0.2) is 11.6 Å². The fourth-order valence-electron chi connectivity index (χ4n) is 1.80. The highest BCUT2D eigenvalue weighted by Gasteiger charge is 2.12. The smallest absolute Gasteiger partial charge is 0.242 e. The monoisotopic (exact) mass is 292 g/mol. The lowest BCUT2D eigenvalue weighted by atomic mass is 10.2. The van der Waals surface area contributed by atoms with E-state index in [1.165, 1.54) is 13.2 Å². The highest BCUT2D eigenvalue weighted by atomic mass is 19.1. The number of ether oxygens (including phenoxy) is 2. The Kier molecular flexibility index (Phi) is 4.89. The molecule has 2 rings (SSSR count). The van der Waals surface area contributed by atoms with E-state index in [9.17, 15) is 4.39 Å². The number of nitrogens with zero attached hydrogens (tertiary/aromatic N) is 2. The Balaban J connectivity index is 2.22. The van der Waals surface area contributed by atoms with Gasteiger partial charge in [0.1, 0.15) is 18.1 Å². The van der Waals surface area contributed by atoms with Crippen LogP contribution in [0.2, 0.25) is 0 Å². The first-order valence-electron chi connectivity index (χ1n) is 6.32. The summed E-state index contributed by atoms with van der Waals surface area (Å²) in [6.45, 7) is 0.481. The molecule has 1 aromatic carbocycles. The third kappa shape index (κ3) is 3.57. The fourth-order valence-corrected chi connectivity index (χ4v) is 1.80. The molecule has 0 amide bonds. The number of hydrogen-bond acceptors (Lipinski definition) is 6. The molecule has 1 aromatic heterocycles. The topological polar surface area (TPSA) is 82.3 Å². The van der Waals surface area contributed by atoms with Crippen LogP contribution < -0.4 is 15.8 Å². The molecule has 0 radical (unpaired) electrons. The lowest BCUT2D eigenvalue weighted by molar-refractivity contribution is 0.177. The second-order valence-electron chi connectivity index (χ2n) is 4.29. The van der Waals surface area contributed by atoms with Gasteiger partial charge in [-0.2, -0.15) is 4.98 Å². The number of nitrogens with one attached hydrogen (secondary N) is 1. The van der Waals surface area contributed by atoms with Gasteiger partial charge in [0.2, 0.25) is 5.88 Å². The number of nitrogens with two attached hydrogens (primary N) is 1. The number of aromatic nitrogens is 2. The normalized spacial score (nSPS) is 10.4. The quantitative estimate of drug-likeness (QED) is 0.847. The number of methoxy groups -OCH3 is 2. The van der Waals surface area contributed by atoms with E-state index in [0.29, 0.717) is 17.2 Å². The van der Waals surface area contributed by atoms with E-state index in [-0.39, 0.29) is 30.5 Å². The van der Waals surface area contributed by atoms with Crippen molar-refractivity contribution in [2.75, 3.05) is 25.3 Å². The van der Waals surface area contributed by atoms with E-state index < -0.39 is 0 Å². The van der Waals surface area contributed by atoms with Crippen molar-refractivity contribution in [3.8, 4) is 5.88 Å². The number of hydrogen-bond donors (Lipinski definition) is 2. The van der Waals surface area contributed by atoms with E-state index >= 15 is 0 Å². The maximum Gasteiger partial charge on any atom is 0.242 e. The number of nitrogen functional groups attached to an aromatic ring is 1. The molecule has 21 heavy (non-hydrogen) atoms. The van der Waals surface area contributed by atoms with Gasteiger partial charge in [-0.3, -0.25) is 0 Å². The Labute approximate surface area is 122 Å². The van der Waals surface area contributed by atoms with Gasteiger partial charge in [-0.1, -0.05) is 18.2 Å². The molecule has 1 heterocycles. The summed E-state index contributed by atoms with van der Waals surface area (Å²) in [5.74, 6) is 0.784. The molecular weight excluding hydrogens is 275 g/mol. The summed E-state index contributed by atoms with van der Waals surface area (Å²) in [5.41, 5.74) is 6.70. The van der Waals surface area contributed by atoms with Crippen molar-refractivity contribution >= 4 is 11.5 Å². The van der Waals surface area contributed by atoms with Gasteiger partial charge in [0.05, 0.1) is 7.11 Å². The third-order valence-electron chi connectivity index (χ3n) is 2.83. The number of benzene rings is 1. The number of rotatable bonds is 6. The second kappa shape index (κ2) is 6.85. The minimum Gasteiger partial charge on any atom is -0.479 e. The molecule has 7 heteroatoms. The molecule has 0 aliphatic carbocycles. The average molecular weight is 292 g/mol. The van der Waals surface area contributed by atoms with Gasteiger partial charge < -0.3 is 20.5 Å². The highest BCUT2D eigenvalue weighted by Crippen LogP contribution is 2.26. The summed E-state index contributed by atoms with van der Waals surface area (Å²) < 4.78 is 23.7. The summed E-state index contributed by atoms with van der Waals surface area (Å²) in [6.07, 6.45) is 0. The highest BCUT2D eigenvalue weighted by molar-refractivity contribution is 5.66. The van der Waals surface area contributed by atoms with Crippen LogP contribution in [-0.4, -0.2) is 24.2 Å². The van der Waals surface area contributed by atoms with Crippen molar-refractivity contribution in [3.63, 3.8) is 0 Å². The molecule has 0 spiro atoms. The Bertz CT molecular complexity index is 622. The molecule has 0 aliphatic rings. The Hall–Kier alpha value is -2.41. The zero-order chi connectivity index (χ0) is 15.2. The van der Waals surface area contributed by atoms with E-state index in [1.807, 2.05) is 0 Å². The molecule has 0 atom stereocenters. The number of anilines is 2. The Morgan fingerprint density at radius 2 is 2.00 bits per heavy atom. The lowest BCUT2D eigenvalue weighted by Gasteiger charge is -2.13. The first-order chi connectivity index (χ1) is 10.2. The molecule has 0 aliphatic heterocycles. The van der Waals surface area contributed by atoms with Crippen LogP contribution in [0.3, 0.4) is 0 Å². The summed E-state index contributed by atoms with van der Waals surface area (Å²) in [5, 5.41) is 2.99. The third-order valence-corrected chi connectivity index (χ3v) is 2.83. The van der Waals surface area contributed by atoms with Crippen LogP contribution in [0.15, 0.2) is 24.3 Å². The van der Waals surface area contributed by atoms with E-state index in [0.717, 1.165) is 0 Å². The van der Waals surface area contributed by atoms with Crippen LogP contribution in [0.25, 0.3) is 0 Å². The molecule has 0 fully saturated rings. The van der Waals surface area contributed by atoms with E-state index in [4.69, 9.17) is 15.2 Å². The molecule has 3 N–H and O–H groups in total. The molecule has 0 saturated heterocycles. The predicted molar refractivity (Wildman–Crippen MR) is 77.4 cm³/mol. The van der Waals surface area contributed by atoms with Crippen LogP contribution in [0, 0.1) is 5.82 Å². The van der Waals surface area contributed by atoms with Gasteiger partial charge in [0, 0.05) is 19.2 Å².